The van der Waals surface area contributed by atoms with Gasteiger partial charge in [0, 0.05) is 44.2 Å². The zero-order valence-corrected chi connectivity index (χ0v) is 14.3. The fourth-order valence-electron chi connectivity index (χ4n) is 4.69. The lowest BCUT2D eigenvalue weighted by Gasteiger charge is -2.46. The van der Waals surface area contributed by atoms with E-state index < -0.39 is 0 Å². The van der Waals surface area contributed by atoms with Crippen molar-refractivity contribution >= 4 is 5.91 Å². The van der Waals surface area contributed by atoms with Crippen molar-refractivity contribution in [2.45, 2.75) is 56.7 Å². The Hall–Kier alpha value is -1.46. The second-order valence-corrected chi connectivity index (χ2v) is 7.48. The predicted molar refractivity (Wildman–Crippen MR) is 91.4 cm³/mol. The predicted octanol–water partition coefficient (Wildman–Crippen LogP) is 2.22. The summed E-state index contributed by atoms with van der Waals surface area (Å²) in [6.07, 6.45) is 10.2. The third-order valence-corrected chi connectivity index (χ3v) is 5.91. The van der Waals surface area contributed by atoms with Gasteiger partial charge in [-0.25, -0.2) is 0 Å². The molecule has 1 aromatic heterocycles. The normalized spacial score (nSPS) is 31.0. The Bertz CT molecular complexity index is 573. The molecule has 0 radical (unpaired) electrons. The molecule has 0 unspecified atom stereocenters. The zero-order chi connectivity index (χ0) is 16.4. The van der Waals surface area contributed by atoms with Crippen LogP contribution in [0, 0.1) is 0 Å². The summed E-state index contributed by atoms with van der Waals surface area (Å²) in [6, 6.07) is 4.16. The molecule has 0 saturated carbocycles. The summed E-state index contributed by atoms with van der Waals surface area (Å²) in [7, 11) is 0. The molecule has 24 heavy (non-hydrogen) atoms. The number of rotatable bonds is 3. The van der Waals surface area contributed by atoms with E-state index in [1.807, 2.05) is 18.5 Å². The summed E-state index contributed by atoms with van der Waals surface area (Å²) in [5, 5.41) is 0. The largest absolute Gasteiger partial charge is 0.368 e. The number of aromatic nitrogens is 1. The van der Waals surface area contributed by atoms with Gasteiger partial charge in [-0.15, -0.1) is 0 Å². The molecule has 1 aromatic rings. The number of nitrogens with zero attached hydrogens (tertiary/aromatic N) is 3. The third kappa shape index (κ3) is 3.07. The van der Waals surface area contributed by atoms with Gasteiger partial charge in [0.1, 0.15) is 6.10 Å². The first-order valence-corrected chi connectivity index (χ1v) is 9.31. The molecule has 4 heterocycles. The number of hydrogen-bond donors (Lipinski definition) is 0. The van der Waals surface area contributed by atoms with Gasteiger partial charge in [0.2, 0.25) is 0 Å². The molecule has 3 fully saturated rings. The molecule has 3 aliphatic heterocycles. The summed E-state index contributed by atoms with van der Waals surface area (Å²) in [5.41, 5.74) is 1.42. The number of piperidine rings is 1. The minimum absolute atomic E-state index is 0.155. The number of hydrogen-bond acceptors (Lipinski definition) is 4. The van der Waals surface area contributed by atoms with E-state index in [2.05, 4.69) is 20.9 Å². The summed E-state index contributed by atoms with van der Waals surface area (Å²) in [4.78, 5) is 21.7. The second kappa shape index (κ2) is 6.81. The first-order chi connectivity index (χ1) is 11.8. The highest BCUT2D eigenvalue weighted by Crippen LogP contribution is 2.38. The van der Waals surface area contributed by atoms with Gasteiger partial charge in [0.05, 0.1) is 0 Å². The Morgan fingerprint density at radius 2 is 2.17 bits per heavy atom. The fourth-order valence-corrected chi connectivity index (χ4v) is 4.69. The monoisotopic (exact) mass is 329 g/mol. The Morgan fingerprint density at radius 3 is 2.92 bits per heavy atom. The first kappa shape index (κ1) is 16.0. The molecule has 1 spiro atoms. The molecule has 0 N–H and O–H groups in total. The Morgan fingerprint density at radius 1 is 1.29 bits per heavy atom. The third-order valence-electron chi connectivity index (χ3n) is 5.91. The average Bonchev–Trinajstić information content (AvgIpc) is 3.27. The van der Waals surface area contributed by atoms with E-state index in [-0.39, 0.29) is 17.6 Å². The van der Waals surface area contributed by atoms with Crippen molar-refractivity contribution < 1.29 is 9.53 Å². The lowest BCUT2D eigenvalue weighted by Crippen LogP contribution is -2.58. The van der Waals surface area contributed by atoms with Gasteiger partial charge in [-0.1, -0.05) is 6.07 Å². The summed E-state index contributed by atoms with van der Waals surface area (Å²) >= 11 is 0. The van der Waals surface area contributed by atoms with Crippen LogP contribution in [-0.2, 0) is 16.1 Å². The molecule has 2 atom stereocenters. The molecule has 5 nitrogen and oxygen atoms in total. The van der Waals surface area contributed by atoms with E-state index in [4.69, 9.17) is 4.74 Å². The molecule has 0 aromatic carbocycles. The Labute approximate surface area is 144 Å². The fraction of sp³-hybridized carbons (Fsp3) is 0.684. The Balaban J connectivity index is 1.47. The molecule has 3 saturated heterocycles. The maximum atomic E-state index is 12.8. The number of pyridine rings is 1. The van der Waals surface area contributed by atoms with Crippen LogP contribution in [0.1, 0.15) is 44.1 Å². The van der Waals surface area contributed by atoms with E-state index >= 15 is 0 Å². The molecule has 0 aliphatic carbocycles. The minimum Gasteiger partial charge on any atom is -0.368 e. The van der Waals surface area contributed by atoms with Crippen LogP contribution in [0.4, 0.5) is 0 Å². The number of amides is 1. The number of carbonyl (C=O) groups is 1. The van der Waals surface area contributed by atoms with Gasteiger partial charge in [0.25, 0.3) is 5.91 Å². The smallest absolute Gasteiger partial charge is 0.251 e. The first-order valence-electron chi connectivity index (χ1n) is 9.31. The number of carbonyl (C=O) groups excluding carboxylic acids is 1. The highest BCUT2D eigenvalue weighted by molar-refractivity contribution is 5.81. The molecular formula is C19H27N3O2. The standard InChI is InChI=1S/C19H27N3O2/c23-18(17-6-2-12-24-17)21-10-3-7-19(15-21)8-4-11-22(19)14-16-5-1-9-20-13-16/h1,5,9,13,17H,2-4,6-8,10-12,14-15H2/t17-,19-/m1/s1. The van der Waals surface area contributed by atoms with Crippen LogP contribution in [0.2, 0.25) is 0 Å². The van der Waals surface area contributed by atoms with Gasteiger partial charge >= 0.3 is 0 Å². The molecule has 4 rings (SSSR count). The second-order valence-electron chi connectivity index (χ2n) is 7.48. The number of ether oxygens (including phenoxy) is 1. The van der Waals surface area contributed by atoms with E-state index in [0.717, 1.165) is 52.0 Å². The minimum atomic E-state index is -0.187. The van der Waals surface area contributed by atoms with Crippen LogP contribution < -0.4 is 0 Å². The van der Waals surface area contributed by atoms with Crippen molar-refractivity contribution in [3.05, 3.63) is 30.1 Å². The molecular weight excluding hydrogens is 302 g/mol. The SMILES string of the molecule is O=C([C@H]1CCCO1)N1CCC[C@@]2(CCCN2Cc2cccnc2)C1. The van der Waals surface area contributed by atoms with Crippen LogP contribution >= 0.6 is 0 Å². The maximum Gasteiger partial charge on any atom is 0.251 e. The van der Waals surface area contributed by atoms with Crippen LogP contribution in [0.25, 0.3) is 0 Å². The molecule has 3 aliphatic rings. The highest BCUT2D eigenvalue weighted by atomic mass is 16.5. The van der Waals surface area contributed by atoms with Gasteiger partial charge in [-0.05, 0) is 56.7 Å². The van der Waals surface area contributed by atoms with Crippen molar-refractivity contribution in [2.75, 3.05) is 26.2 Å². The zero-order valence-electron chi connectivity index (χ0n) is 14.3. The van der Waals surface area contributed by atoms with Gasteiger partial charge in [-0.3, -0.25) is 14.7 Å². The van der Waals surface area contributed by atoms with E-state index in [1.54, 1.807) is 0 Å². The summed E-state index contributed by atoms with van der Waals surface area (Å²) in [5.74, 6) is 0.222. The van der Waals surface area contributed by atoms with Crippen LogP contribution in [-0.4, -0.2) is 58.6 Å². The summed E-state index contributed by atoms with van der Waals surface area (Å²) in [6.45, 7) is 4.56. The molecule has 130 valence electrons. The van der Waals surface area contributed by atoms with Gasteiger partial charge in [-0.2, -0.15) is 0 Å². The van der Waals surface area contributed by atoms with E-state index in [1.165, 1.54) is 24.8 Å². The maximum absolute atomic E-state index is 12.8. The Kier molecular flexibility index (Phi) is 4.55. The van der Waals surface area contributed by atoms with Crippen molar-refractivity contribution in [3.8, 4) is 0 Å². The number of likely N-dealkylation sites (tertiary alicyclic amines) is 2. The van der Waals surface area contributed by atoms with Crippen LogP contribution in [0.3, 0.4) is 0 Å². The summed E-state index contributed by atoms with van der Waals surface area (Å²) < 4.78 is 5.63. The van der Waals surface area contributed by atoms with E-state index in [0.29, 0.717) is 0 Å². The van der Waals surface area contributed by atoms with E-state index in [9.17, 15) is 4.79 Å². The molecule has 0 bridgehead atoms. The quantitative estimate of drug-likeness (QED) is 0.853. The van der Waals surface area contributed by atoms with Crippen LogP contribution in [0.5, 0.6) is 0 Å². The molecule has 5 heteroatoms. The van der Waals surface area contributed by atoms with Gasteiger partial charge in [0.15, 0.2) is 0 Å². The molecule has 1 amide bonds. The van der Waals surface area contributed by atoms with Crippen LogP contribution in [0.15, 0.2) is 24.5 Å². The lowest BCUT2D eigenvalue weighted by molar-refractivity contribution is -0.144. The van der Waals surface area contributed by atoms with Crippen molar-refractivity contribution in [3.63, 3.8) is 0 Å². The average molecular weight is 329 g/mol. The van der Waals surface area contributed by atoms with Crippen molar-refractivity contribution in [1.29, 1.82) is 0 Å². The lowest BCUT2D eigenvalue weighted by atomic mass is 9.86. The topological polar surface area (TPSA) is 45.7 Å². The van der Waals surface area contributed by atoms with Crippen molar-refractivity contribution in [2.24, 2.45) is 0 Å². The van der Waals surface area contributed by atoms with Gasteiger partial charge < -0.3 is 9.64 Å². The van der Waals surface area contributed by atoms with Crippen molar-refractivity contribution in [1.82, 2.24) is 14.8 Å². The highest BCUT2D eigenvalue weighted by Gasteiger charge is 2.45.